The minimum Gasteiger partial charge on any atom is -0.396 e. The van der Waals surface area contributed by atoms with Gasteiger partial charge in [0.2, 0.25) is 5.91 Å². The topological polar surface area (TPSA) is 75.3 Å². The van der Waals surface area contributed by atoms with Crippen molar-refractivity contribution < 1.29 is 23.1 Å². The number of nitrogens with two attached hydrogens (primary N) is 1. The van der Waals surface area contributed by atoms with Crippen LogP contribution in [-0.2, 0) is 4.79 Å². The summed E-state index contributed by atoms with van der Waals surface area (Å²) >= 11 is 0. The molecule has 0 bridgehead atoms. The van der Waals surface area contributed by atoms with E-state index in [1.54, 1.807) is 0 Å². The minimum absolute atomic E-state index is 0.0482. The summed E-state index contributed by atoms with van der Waals surface area (Å²) < 4.78 is 37.2. The summed E-state index contributed by atoms with van der Waals surface area (Å²) in [7, 11) is 0. The van der Waals surface area contributed by atoms with Crippen molar-refractivity contribution in [2.45, 2.75) is 38.4 Å². The molecule has 4 N–H and O–H groups in total. The van der Waals surface area contributed by atoms with Gasteiger partial charge >= 0.3 is 6.18 Å². The van der Waals surface area contributed by atoms with Crippen molar-refractivity contribution in [2.75, 3.05) is 13.2 Å². The zero-order chi connectivity index (χ0) is 13.7. The molecule has 4 nitrogen and oxygen atoms in total. The van der Waals surface area contributed by atoms with Crippen molar-refractivity contribution in [2.24, 2.45) is 11.7 Å². The average Bonchev–Trinajstić information content (AvgIpc) is 2.21. The van der Waals surface area contributed by atoms with E-state index in [9.17, 15) is 18.0 Å². The number of carbonyl (C=O) groups excluding carboxylic acids is 1. The maximum absolute atomic E-state index is 12.4. The van der Waals surface area contributed by atoms with Gasteiger partial charge in [-0.05, 0) is 19.3 Å². The highest BCUT2D eigenvalue weighted by atomic mass is 19.4. The maximum Gasteiger partial charge on any atom is 0.415 e. The zero-order valence-electron chi connectivity index (χ0n) is 9.97. The molecule has 0 aliphatic heterocycles. The van der Waals surface area contributed by atoms with Gasteiger partial charge in [0.05, 0.1) is 0 Å². The third kappa shape index (κ3) is 4.51. The highest BCUT2D eigenvalue weighted by Crippen LogP contribution is 2.27. The fourth-order valence-electron chi connectivity index (χ4n) is 1.18. The Balaban J connectivity index is 4.36. The van der Waals surface area contributed by atoms with Crippen LogP contribution in [0.5, 0.6) is 0 Å². The largest absolute Gasteiger partial charge is 0.415 e. The summed E-state index contributed by atoms with van der Waals surface area (Å²) in [4.78, 5) is 11.3. The predicted octanol–water partition coefficient (Wildman–Crippen LogP) is 0.791. The lowest BCUT2D eigenvalue weighted by Crippen LogP contribution is -2.61. The molecule has 0 fully saturated rings. The lowest BCUT2D eigenvalue weighted by atomic mass is 10.00. The number of nitrogens with one attached hydrogen (secondary N) is 1. The van der Waals surface area contributed by atoms with Crippen molar-refractivity contribution >= 4 is 5.91 Å². The van der Waals surface area contributed by atoms with Crippen molar-refractivity contribution in [1.29, 1.82) is 0 Å². The fourth-order valence-corrected chi connectivity index (χ4v) is 1.18. The van der Waals surface area contributed by atoms with E-state index in [2.05, 4.69) is 5.32 Å². The molecular weight excluding hydrogens is 237 g/mol. The molecule has 0 spiro atoms. The van der Waals surface area contributed by atoms with Crippen LogP contribution in [-0.4, -0.2) is 35.9 Å². The number of halogens is 3. The number of hydrogen-bond donors (Lipinski definition) is 3. The van der Waals surface area contributed by atoms with Gasteiger partial charge in [-0.3, -0.25) is 4.79 Å². The van der Waals surface area contributed by atoms with Crippen LogP contribution in [0.2, 0.25) is 0 Å². The summed E-state index contributed by atoms with van der Waals surface area (Å²) in [5, 5.41) is 10.9. The summed E-state index contributed by atoms with van der Waals surface area (Å²) in [5.74, 6) is -1.30. The number of carbonyl (C=O) groups is 1. The Morgan fingerprint density at radius 2 is 2.00 bits per heavy atom. The van der Waals surface area contributed by atoms with E-state index in [4.69, 9.17) is 10.8 Å². The number of alkyl halides is 3. The predicted molar refractivity (Wildman–Crippen MR) is 57.1 cm³/mol. The molecule has 0 radical (unpaired) electrons. The number of hydrogen-bond acceptors (Lipinski definition) is 3. The molecule has 0 aliphatic rings. The molecule has 0 aromatic heterocycles. The van der Waals surface area contributed by atoms with Crippen LogP contribution >= 0.6 is 0 Å². The van der Waals surface area contributed by atoms with Crippen LogP contribution < -0.4 is 11.1 Å². The van der Waals surface area contributed by atoms with Crippen LogP contribution in [0.3, 0.4) is 0 Å². The molecule has 0 rings (SSSR count). The van der Waals surface area contributed by atoms with Gasteiger partial charge in [0.15, 0.2) is 5.54 Å². The van der Waals surface area contributed by atoms with E-state index < -0.39 is 17.6 Å². The van der Waals surface area contributed by atoms with Crippen LogP contribution in [0.25, 0.3) is 0 Å². The van der Waals surface area contributed by atoms with Gasteiger partial charge in [0, 0.05) is 13.2 Å². The molecule has 0 heterocycles. The maximum atomic E-state index is 12.4. The summed E-state index contributed by atoms with van der Waals surface area (Å²) in [6.45, 7) is 2.49. The fraction of sp³-hybridized carbons (Fsp3) is 0.900. The Labute approximate surface area is 98.4 Å². The SMILES string of the molecule is CCC(CCO)CNC(=O)C(C)(N)C(F)(F)F. The van der Waals surface area contributed by atoms with E-state index in [-0.39, 0.29) is 19.1 Å². The third-order valence-electron chi connectivity index (χ3n) is 2.73. The highest BCUT2D eigenvalue weighted by Gasteiger charge is 2.53. The van der Waals surface area contributed by atoms with Crippen LogP contribution in [0.4, 0.5) is 13.2 Å². The normalized spacial score (nSPS) is 17.4. The number of aliphatic hydroxyl groups excluding tert-OH is 1. The molecule has 0 aromatic rings. The van der Waals surface area contributed by atoms with E-state index >= 15 is 0 Å². The summed E-state index contributed by atoms with van der Waals surface area (Å²) in [6.07, 6.45) is -3.69. The van der Waals surface area contributed by atoms with Gasteiger partial charge in [-0.25, -0.2) is 0 Å². The molecule has 7 heteroatoms. The minimum atomic E-state index is -4.78. The Morgan fingerprint density at radius 1 is 1.47 bits per heavy atom. The summed E-state index contributed by atoms with van der Waals surface area (Å²) in [6, 6.07) is 0. The van der Waals surface area contributed by atoms with E-state index in [0.29, 0.717) is 19.8 Å². The average molecular weight is 256 g/mol. The Bertz CT molecular complexity index is 254. The van der Waals surface area contributed by atoms with E-state index in [1.165, 1.54) is 0 Å². The van der Waals surface area contributed by atoms with Gasteiger partial charge in [0.1, 0.15) is 0 Å². The number of rotatable bonds is 6. The monoisotopic (exact) mass is 256 g/mol. The van der Waals surface area contributed by atoms with Crippen LogP contribution in [0.15, 0.2) is 0 Å². The first kappa shape index (κ1) is 16.2. The molecule has 2 unspecified atom stereocenters. The first-order valence-electron chi connectivity index (χ1n) is 5.41. The molecule has 102 valence electrons. The van der Waals surface area contributed by atoms with E-state index in [0.717, 1.165) is 0 Å². The second-order valence-corrected chi connectivity index (χ2v) is 4.20. The van der Waals surface area contributed by atoms with Crippen molar-refractivity contribution in [3.63, 3.8) is 0 Å². The first-order valence-corrected chi connectivity index (χ1v) is 5.41. The molecule has 0 aliphatic carbocycles. The van der Waals surface area contributed by atoms with Gasteiger partial charge in [-0.15, -0.1) is 0 Å². The quantitative estimate of drug-likeness (QED) is 0.657. The van der Waals surface area contributed by atoms with Gasteiger partial charge in [-0.1, -0.05) is 13.3 Å². The van der Waals surface area contributed by atoms with E-state index in [1.807, 2.05) is 6.92 Å². The molecule has 0 aromatic carbocycles. The third-order valence-corrected chi connectivity index (χ3v) is 2.73. The Hall–Kier alpha value is -0.820. The highest BCUT2D eigenvalue weighted by molar-refractivity contribution is 5.86. The van der Waals surface area contributed by atoms with Crippen molar-refractivity contribution in [3.05, 3.63) is 0 Å². The Morgan fingerprint density at radius 3 is 2.35 bits per heavy atom. The number of amides is 1. The molecule has 0 saturated carbocycles. The number of aliphatic hydroxyl groups is 1. The molecular formula is C10H19F3N2O2. The zero-order valence-corrected chi connectivity index (χ0v) is 9.97. The van der Waals surface area contributed by atoms with Gasteiger partial charge < -0.3 is 16.2 Å². The standard InChI is InChI=1S/C10H19F3N2O2/c1-3-7(4-5-16)6-15-8(17)9(2,14)10(11,12)13/h7,16H,3-6,14H2,1-2H3,(H,15,17). The van der Waals surface area contributed by atoms with Crippen molar-refractivity contribution in [1.82, 2.24) is 5.32 Å². The second kappa shape index (κ2) is 6.20. The van der Waals surface area contributed by atoms with Gasteiger partial charge in [-0.2, -0.15) is 13.2 Å². The molecule has 0 saturated heterocycles. The summed E-state index contributed by atoms with van der Waals surface area (Å²) in [5.41, 5.74) is 2.07. The van der Waals surface area contributed by atoms with Crippen LogP contribution in [0.1, 0.15) is 26.7 Å². The lowest BCUT2D eigenvalue weighted by Gasteiger charge is -2.27. The van der Waals surface area contributed by atoms with Gasteiger partial charge in [0.25, 0.3) is 0 Å². The molecule has 2 atom stereocenters. The first-order chi connectivity index (χ1) is 7.66. The van der Waals surface area contributed by atoms with Crippen LogP contribution in [0, 0.1) is 5.92 Å². The second-order valence-electron chi connectivity index (χ2n) is 4.20. The van der Waals surface area contributed by atoms with Crippen molar-refractivity contribution in [3.8, 4) is 0 Å². The molecule has 1 amide bonds. The smallest absolute Gasteiger partial charge is 0.396 e. The lowest BCUT2D eigenvalue weighted by molar-refractivity contribution is -0.187. The Kier molecular flexibility index (Phi) is 5.91. The molecule has 17 heavy (non-hydrogen) atoms.